The third-order valence-corrected chi connectivity index (χ3v) is 4.30. The molecule has 1 aromatic heterocycles. The van der Waals surface area contributed by atoms with Gasteiger partial charge in [-0.25, -0.2) is 14.6 Å². The Morgan fingerprint density at radius 1 is 1.38 bits per heavy atom. The maximum Gasteiger partial charge on any atom is 0.326 e. The van der Waals surface area contributed by atoms with Gasteiger partial charge in [0.05, 0.1) is 17.2 Å². The molecular formula is C14H23N3O3S. The number of carbonyl (C=O) groups excluding carboxylic acids is 1. The average molecular weight is 313 g/mol. The van der Waals surface area contributed by atoms with Gasteiger partial charge in [-0.2, -0.15) is 0 Å². The first kappa shape index (κ1) is 17.4. The van der Waals surface area contributed by atoms with Crippen LogP contribution in [0.2, 0.25) is 0 Å². The smallest absolute Gasteiger partial charge is 0.326 e. The molecule has 0 unspecified atom stereocenters. The van der Waals surface area contributed by atoms with Gasteiger partial charge < -0.3 is 15.3 Å². The molecule has 1 aromatic rings. The van der Waals surface area contributed by atoms with E-state index in [2.05, 4.69) is 24.1 Å². The lowest BCUT2D eigenvalue weighted by Crippen LogP contribution is -2.49. The van der Waals surface area contributed by atoms with Gasteiger partial charge in [-0.3, -0.25) is 0 Å². The first-order valence-corrected chi connectivity index (χ1v) is 7.79. The minimum absolute atomic E-state index is 0.162. The molecule has 0 fully saturated rings. The van der Waals surface area contributed by atoms with Crippen LogP contribution in [0, 0.1) is 5.92 Å². The van der Waals surface area contributed by atoms with Crippen molar-refractivity contribution in [3.05, 3.63) is 16.1 Å². The molecule has 0 radical (unpaired) electrons. The van der Waals surface area contributed by atoms with Crippen LogP contribution in [-0.2, 0) is 11.3 Å². The standard InChI is InChI=1S/C14H23N3O3S/c1-8(2)11(13(18)19)17(5)14(20)15-6-10-7-21-12(16-10)9(3)4/h7-9,11H,6H2,1-5H3,(H,15,20)(H,18,19)/t11-/m0/s1. The van der Waals surface area contributed by atoms with Crippen molar-refractivity contribution >= 4 is 23.3 Å². The molecule has 1 rings (SSSR count). The number of nitrogens with zero attached hydrogens (tertiary/aromatic N) is 2. The van der Waals surface area contributed by atoms with Gasteiger partial charge in [0, 0.05) is 18.3 Å². The molecule has 118 valence electrons. The summed E-state index contributed by atoms with van der Waals surface area (Å²) in [6.45, 7) is 7.98. The number of nitrogens with one attached hydrogen (secondary N) is 1. The number of likely N-dealkylation sites (N-methyl/N-ethyl adjacent to an activating group) is 1. The Bertz CT molecular complexity index is 499. The fourth-order valence-electron chi connectivity index (χ4n) is 1.98. The van der Waals surface area contributed by atoms with E-state index in [1.54, 1.807) is 25.2 Å². The number of rotatable bonds is 6. The molecule has 21 heavy (non-hydrogen) atoms. The van der Waals surface area contributed by atoms with Gasteiger partial charge in [-0.1, -0.05) is 27.7 Å². The van der Waals surface area contributed by atoms with Crippen molar-refractivity contribution in [1.29, 1.82) is 0 Å². The molecule has 0 aliphatic heterocycles. The van der Waals surface area contributed by atoms with Gasteiger partial charge in [0.25, 0.3) is 0 Å². The van der Waals surface area contributed by atoms with Crippen LogP contribution < -0.4 is 5.32 Å². The Balaban J connectivity index is 2.61. The number of urea groups is 1. The van der Waals surface area contributed by atoms with E-state index in [0.717, 1.165) is 10.7 Å². The molecule has 0 saturated heterocycles. The summed E-state index contributed by atoms with van der Waals surface area (Å²) in [4.78, 5) is 28.9. The van der Waals surface area contributed by atoms with Crippen LogP contribution >= 0.6 is 11.3 Å². The Hall–Kier alpha value is -1.63. The number of carboxylic acid groups (broad SMARTS) is 1. The lowest BCUT2D eigenvalue weighted by molar-refractivity contribution is -0.143. The highest BCUT2D eigenvalue weighted by Crippen LogP contribution is 2.19. The number of aromatic nitrogens is 1. The zero-order valence-electron chi connectivity index (χ0n) is 13.1. The summed E-state index contributed by atoms with van der Waals surface area (Å²) >= 11 is 1.56. The van der Waals surface area contributed by atoms with Crippen molar-refractivity contribution in [3.63, 3.8) is 0 Å². The van der Waals surface area contributed by atoms with E-state index in [0.29, 0.717) is 12.5 Å². The fraction of sp³-hybridized carbons (Fsp3) is 0.643. The van der Waals surface area contributed by atoms with Crippen molar-refractivity contribution in [3.8, 4) is 0 Å². The van der Waals surface area contributed by atoms with E-state index in [1.165, 1.54) is 11.9 Å². The Morgan fingerprint density at radius 3 is 2.43 bits per heavy atom. The zero-order valence-corrected chi connectivity index (χ0v) is 13.9. The topological polar surface area (TPSA) is 82.5 Å². The zero-order chi connectivity index (χ0) is 16.2. The van der Waals surface area contributed by atoms with Gasteiger partial charge in [-0.15, -0.1) is 11.3 Å². The molecule has 6 nitrogen and oxygen atoms in total. The summed E-state index contributed by atoms with van der Waals surface area (Å²) in [6, 6.07) is -1.25. The summed E-state index contributed by atoms with van der Waals surface area (Å²) < 4.78 is 0. The van der Waals surface area contributed by atoms with Crippen molar-refractivity contribution in [2.24, 2.45) is 5.92 Å². The molecule has 0 aliphatic carbocycles. The maximum absolute atomic E-state index is 12.0. The van der Waals surface area contributed by atoms with Crippen LogP contribution in [0.15, 0.2) is 5.38 Å². The normalized spacial score (nSPS) is 12.5. The van der Waals surface area contributed by atoms with Gasteiger partial charge in [0.15, 0.2) is 0 Å². The molecule has 1 atom stereocenters. The number of amides is 2. The first-order chi connectivity index (χ1) is 9.73. The predicted octanol–water partition coefficient (Wildman–Crippen LogP) is 2.52. The number of carboxylic acids is 1. The maximum atomic E-state index is 12.0. The number of carbonyl (C=O) groups is 2. The summed E-state index contributed by atoms with van der Waals surface area (Å²) in [7, 11) is 1.49. The van der Waals surface area contributed by atoms with Crippen molar-refractivity contribution in [2.45, 2.75) is 46.2 Å². The summed E-state index contributed by atoms with van der Waals surface area (Å²) in [6.07, 6.45) is 0. The molecular weight excluding hydrogens is 290 g/mol. The Morgan fingerprint density at radius 2 is 2.00 bits per heavy atom. The highest BCUT2D eigenvalue weighted by molar-refractivity contribution is 7.09. The lowest BCUT2D eigenvalue weighted by atomic mass is 10.0. The lowest BCUT2D eigenvalue weighted by Gasteiger charge is -2.27. The highest BCUT2D eigenvalue weighted by atomic mass is 32.1. The van der Waals surface area contributed by atoms with Crippen molar-refractivity contribution in [2.75, 3.05) is 7.05 Å². The third-order valence-electron chi connectivity index (χ3n) is 3.11. The number of hydrogen-bond acceptors (Lipinski definition) is 4. The van der Waals surface area contributed by atoms with E-state index in [9.17, 15) is 14.7 Å². The second kappa shape index (κ2) is 7.40. The van der Waals surface area contributed by atoms with E-state index in [4.69, 9.17) is 0 Å². The van der Waals surface area contributed by atoms with E-state index in [1.807, 2.05) is 5.38 Å². The minimum Gasteiger partial charge on any atom is -0.480 e. The van der Waals surface area contributed by atoms with Crippen LogP contribution in [0.5, 0.6) is 0 Å². The monoisotopic (exact) mass is 313 g/mol. The molecule has 7 heteroatoms. The van der Waals surface area contributed by atoms with Gasteiger partial charge in [0.1, 0.15) is 6.04 Å². The van der Waals surface area contributed by atoms with E-state index < -0.39 is 18.0 Å². The molecule has 0 aliphatic rings. The van der Waals surface area contributed by atoms with Crippen LogP contribution in [0.1, 0.15) is 44.3 Å². The van der Waals surface area contributed by atoms with Crippen molar-refractivity contribution in [1.82, 2.24) is 15.2 Å². The molecule has 1 heterocycles. The summed E-state index contributed by atoms with van der Waals surface area (Å²) in [5.41, 5.74) is 0.793. The van der Waals surface area contributed by atoms with Gasteiger partial charge in [-0.05, 0) is 5.92 Å². The largest absolute Gasteiger partial charge is 0.480 e. The van der Waals surface area contributed by atoms with E-state index in [-0.39, 0.29) is 5.92 Å². The van der Waals surface area contributed by atoms with E-state index >= 15 is 0 Å². The molecule has 0 aromatic carbocycles. The van der Waals surface area contributed by atoms with Gasteiger partial charge >= 0.3 is 12.0 Å². The SMILES string of the molecule is CC(C)c1nc(CNC(=O)N(C)[C@H](C(=O)O)C(C)C)cs1. The van der Waals surface area contributed by atoms with Crippen LogP contribution in [0.3, 0.4) is 0 Å². The van der Waals surface area contributed by atoms with Crippen molar-refractivity contribution < 1.29 is 14.7 Å². The molecule has 2 amide bonds. The average Bonchev–Trinajstić information content (AvgIpc) is 2.83. The minimum atomic E-state index is -1.00. The summed E-state index contributed by atoms with van der Waals surface area (Å²) in [5.74, 6) is -0.803. The van der Waals surface area contributed by atoms with Crippen LogP contribution in [-0.4, -0.2) is 40.1 Å². The quantitative estimate of drug-likeness (QED) is 0.845. The molecule has 0 bridgehead atoms. The first-order valence-electron chi connectivity index (χ1n) is 6.91. The second-order valence-corrected chi connectivity index (χ2v) is 6.52. The fourth-order valence-corrected chi connectivity index (χ4v) is 2.82. The Kier molecular flexibility index (Phi) is 6.14. The number of aliphatic carboxylic acids is 1. The van der Waals surface area contributed by atoms with Crippen LogP contribution in [0.4, 0.5) is 4.79 Å². The summed E-state index contributed by atoms with van der Waals surface area (Å²) in [5, 5.41) is 14.8. The predicted molar refractivity (Wildman–Crippen MR) is 82.5 cm³/mol. The van der Waals surface area contributed by atoms with Gasteiger partial charge in [0.2, 0.25) is 0 Å². The second-order valence-electron chi connectivity index (χ2n) is 5.63. The number of hydrogen-bond donors (Lipinski definition) is 2. The molecule has 0 saturated carbocycles. The molecule has 2 N–H and O–H groups in total. The highest BCUT2D eigenvalue weighted by Gasteiger charge is 2.29. The third kappa shape index (κ3) is 4.70. The number of thiazole rings is 1. The Labute approximate surface area is 129 Å². The van der Waals surface area contributed by atoms with Crippen LogP contribution in [0.25, 0.3) is 0 Å². The molecule has 0 spiro atoms.